The number of furan rings is 1. The highest BCUT2D eigenvalue weighted by Gasteiger charge is 2.49. The molecule has 2 aliphatic heterocycles. The van der Waals surface area contributed by atoms with E-state index in [-0.39, 0.29) is 18.4 Å². The van der Waals surface area contributed by atoms with E-state index in [0.29, 0.717) is 30.7 Å². The molecule has 0 aliphatic carbocycles. The summed E-state index contributed by atoms with van der Waals surface area (Å²) in [6, 6.07) is 1.17. The number of nitrogens with zero attached hydrogens (tertiary/aromatic N) is 1. The number of aryl methyl sites for hydroxylation is 1. The standard InChI is InChI=1S/C13H15N3O4/c1-8-5-9(6-20-8)10(17)16-4-2-3-13(7-16)11(18)14-12(19)15-13/h5-6H,2-4,7H2,1H3,(H2,14,15,18,19). The monoisotopic (exact) mass is 277 g/mol. The Balaban J connectivity index is 1.80. The van der Waals surface area contributed by atoms with E-state index in [1.807, 2.05) is 0 Å². The zero-order valence-corrected chi connectivity index (χ0v) is 11.1. The predicted molar refractivity (Wildman–Crippen MR) is 68.0 cm³/mol. The van der Waals surface area contributed by atoms with Crippen molar-refractivity contribution in [1.82, 2.24) is 15.5 Å². The number of piperidine rings is 1. The Labute approximate surface area is 115 Å². The minimum atomic E-state index is -0.982. The highest BCUT2D eigenvalue weighted by molar-refractivity contribution is 6.07. The molecule has 20 heavy (non-hydrogen) atoms. The van der Waals surface area contributed by atoms with Crippen LogP contribution in [-0.2, 0) is 4.79 Å². The smallest absolute Gasteiger partial charge is 0.322 e. The van der Waals surface area contributed by atoms with Gasteiger partial charge in [-0.1, -0.05) is 0 Å². The third kappa shape index (κ3) is 1.95. The molecule has 0 bridgehead atoms. The molecule has 1 spiro atoms. The summed E-state index contributed by atoms with van der Waals surface area (Å²) < 4.78 is 5.14. The molecular weight excluding hydrogens is 262 g/mol. The average Bonchev–Trinajstić information content (AvgIpc) is 2.94. The molecule has 2 fully saturated rings. The third-order valence-corrected chi connectivity index (χ3v) is 3.77. The van der Waals surface area contributed by atoms with Gasteiger partial charge in [-0.15, -0.1) is 0 Å². The predicted octanol–water partition coefficient (Wildman–Crippen LogP) is 0.402. The SMILES string of the molecule is Cc1cc(C(=O)N2CCCC3(C2)NC(=O)NC3=O)co1. The molecule has 0 radical (unpaired) electrons. The zero-order chi connectivity index (χ0) is 14.3. The number of hydrogen-bond acceptors (Lipinski definition) is 4. The molecule has 1 aromatic heterocycles. The summed E-state index contributed by atoms with van der Waals surface area (Å²) in [6.07, 6.45) is 2.61. The Morgan fingerprint density at radius 3 is 2.85 bits per heavy atom. The van der Waals surface area contributed by atoms with Gasteiger partial charge in [0.1, 0.15) is 17.6 Å². The average molecular weight is 277 g/mol. The van der Waals surface area contributed by atoms with Gasteiger partial charge >= 0.3 is 6.03 Å². The second kappa shape index (κ2) is 4.36. The molecule has 2 saturated heterocycles. The fraction of sp³-hybridized carbons (Fsp3) is 0.462. The first-order valence-corrected chi connectivity index (χ1v) is 6.48. The number of hydrogen-bond donors (Lipinski definition) is 2. The van der Waals surface area contributed by atoms with Gasteiger partial charge < -0.3 is 14.6 Å². The van der Waals surface area contributed by atoms with Crippen molar-refractivity contribution in [3.05, 3.63) is 23.7 Å². The zero-order valence-electron chi connectivity index (χ0n) is 11.1. The fourth-order valence-electron chi connectivity index (χ4n) is 2.78. The second-order valence-electron chi connectivity index (χ2n) is 5.27. The van der Waals surface area contributed by atoms with Crippen LogP contribution in [0.5, 0.6) is 0 Å². The number of carbonyl (C=O) groups is 3. The number of rotatable bonds is 1. The Kier molecular flexibility index (Phi) is 2.77. The van der Waals surface area contributed by atoms with Crippen molar-refractivity contribution < 1.29 is 18.8 Å². The van der Waals surface area contributed by atoms with Crippen LogP contribution < -0.4 is 10.6 Å². The number of likely N-dealkylation sites (tertiary alicyclic amines) is 1. The molecule has 0 aromatic carbocycles. The molecule has 106 valence electrons. The van der Waals surface area contributed by atoms with Gasteiger partial charge in [-0.25, -0.2) is 4.79 Å². The molecule has 7 heteroatoms. The van der Waals surface area contributed by atoms with E-state index in [0.717, 1.165) is 0 Å². The molecule has 1 unspecified atom stereocenters. The van der Waals surface area contributed by atoms with E-state index >= 15 is 0 Å². The van der Waals surface area contributed by atoms with Gasteiger partial charge in [-0.05, 0) is 25.8 Å². The van der Waals surface area contributed by atoms with E-state index in [1.165, 1.54) is 6.26 Å². The lowest BCUT2D eigenvalue weighted by molar-refractivity contribution is -0.125. The summed E-state index contributed by atoms with van der Waals surface area (Å²) in [5.74, 6) is 0.116. The highest BCUT2D eigenvalue weighted by Crippen LogP contribution is 2.25. The third-order valence-electron chi connectivity index (χ3n) is 3.77. The van der Waals surface area contributed by atoms with Gasteiger partial charge in [-0.2, -0.15) is 0 Å². The van der Waals surface area contributed by atoms with Gasteiger partial charge in [0.05, 0.1) is 12.1 Å². The minimum absolute atomic E-state index is 0.185. The van der Waals surface area contributed by atoms with E-state index in [1.54, 1.807) is 17.9 Å². The minimum Gasteiger partial charge on any atom is -0.469 e. The summed E-state index contributed by atoms with van der Waals surface area (Å²) in [6.45, 7) is 2.51. The number of urea groups is 1. The molecule has 7 nitrogen and oxygen atoms in total. The first kappa shape index (κ1) is 12.7. The van der Waals surface area contributed by atoms with E-state index < -0.39 is 11.6 Å². The summed E-state index contributed by atoms with van der Waals surface area (Å²) >= 11 is 0. The first-order chi connectivity index (χ1) is 9.50. The van der Waals surface area contributed by atoms with Crippen molar-refractivity contribution in [2.75, 3.05) is 13.1 Å². The van der Waals surface area contributed by atoms with Crippen LogP contribution in [0.2, 0.25) is 0 Å². The number of nitrogens with one attached hydrogen (secondary N) is 2. The number of amides is 4. The fourth-order valence-corrected chi connectivity index (χ4v) is 2.78. The summed E-state index contributed by atoms with van der Waals surface area (Å²) in [5, 5.41) is 4.88. The topological polar surface area (TPSA) is 91.7 Å². The van der Waals surface area contributed by atoms with Crippen molar-refractivity contribution in [2.24, 2.45) is 0 Å². The summed E-state index contributed by atoms with van der Waals surface area (Å²) in [5.41, 5.74) is -0.520. The van der Waals surface area contributed by atoms with Crippen molar-refractivity contribution in [1.29, 1.82) is 0 Å². The Morgan fingerprint density at radius 2 is 2.25 bits per heavy atom. The summed E-state index contributed by atoms with van der Waals surface area (Å²) in [4.78, 5) is 37.2. The lowest BCUT2D eigenvalue weighted by Crippen LogP contribution is -2.59. The van der Waals surface area contributed by atoms with Gasteiger partial charge in [0.15, 0.2) is 0 Å². The van der Waals surface area contributed by atoms with Gasteiger partial charge in [-0.3, -0.25) is 14.9 Å². The molecule has 4 amide bonds. The largest absolute Gasteiger partial charge is 0.469 e. The lowest BCUT2D eigenvalue weighted by atomic mass is 9.89. The Morgan fingerprint density at radius 1 is 1.45 bits per heavy atom. The van der Waals surface area contributed by atoms with Crippen molar-refractivity contribution in [2.45, 2.75) is 25.3 Å². The van der Waals surface area contributed by atoms with Gasteiger partial charge in [0.25, 0.3) is 11.8 Å². The molecule has 3 heterocycles. The lowest BCUT2D eigenvalue weighted by Gasteiger charge is -2.37. The van der Waals surface area contributed by atoms with Crippen molar-refractivity contribution in [3.63, 3.8) is 0 Å². The maximum Gasteiger partial charge on any atom is 0.322 e. The molecule has 0 saturated carbocycles. The van der Waals surface area contributed by atoms with E-state index in [4.69, 9.17) is 4.42 Å². The maximum atomic E-state index is 12.4. The van der Waals surface area contributed by atoms with Gasteiger partial charge in [0.2, 0.25) is 0 Å². The maximum absolute atomic E-state index is 12.4. The molecule has 2 N–H and O–H groups in total. The van der Waals surface area contributed by atoms with Gasteiger partial charge in [0, 0.05) is 6.54 Å². The number of imide groups is 1. The quantitative estimate of drug-likeness (QED) is 0.727. The van der Waals surface area contributed by atoms with Crippen LogP contribution >= 0.6 is 0 Å². The normalized spacial score (nSPS) is 25.8. The molecule has 1 atom stereocenters. The molecule has 1 aromatic rings. The second-order valence-corrected chi connectivity index (χ2v) is 5.27. The number of carbonyl (C=O) groups excluding carboxylic acids is 3. The molecule has 3 rings (SSSR count). The Bertz CT molecular complexity index is 594. The van der Waals surface area contributed by atoms with E-state index in [2.05, 4.69) is 10.6 Å². The van der Waals surface area contributed by atoms with Crippen molar-refractivity contribution >= 4 is 17.8 Å². The van der Waals surface area contributed by atoms with Crippen LogP contribution in [0, 0.1) is 6.92 Å². The first-order valence-electron chi connectivity index (χ1n) is 6.48. The van der Waals surface area contributed by atoms with Crippen LogP contribution in [0.3, 0.4) is 0 Å². The molecular formula is C13H15N3O4. The van der Waals surface area contributed by atoms with Crippen molar-refractivity contribution in [3.8, 4) is 0 Å². The van der Waals surface area contributed by atoms with Crippen LogP contribution in [0.4, 0.5) is 4.79 Å². The molecule has 2 aliphatic rings. The van der Waals surface area contributed by atoms with Crippen LogP contribution in [0.25, 0.3) is 0 Å². The van der Waals surface area contributed by atoms with E-state index in [9.17, 15) is 14.4 Å². The Hall–Kier alpha value is -2.31. The highest BCUT2D eigenvalue weighted by atomic mass is 16.3. The van der Waals surface area contributed by atoms with Crippen LogP contribution in [-0.4, -0.2) is 41.4 Å². The van der Waals surface area contributed by atoms with Crippen LogP contribution in [0.1, 0.15) is 29.0 Å². The summed E-state index contributed by atoms with van der Waals surface area (Å²) in [7, 11) is 0. The van der Waals surface area contributed by atoms with Crippen LogP contribution in [0.15, 0.2) is 16.7 Å².